The van der Waals surface area contributed by atoms with Gasteiger partial charge in [0.2, 0.25) is 0 Å². The Kier molecular flexibility index (Phi) is 4.36. The summed E-state index contributed by atoms with van der Waals surface area (Å²) < 4.78 is 26.6. The minimum absolute atomic E-state index is 0.326. The zero-order valence-corrected chi connectivity index (χ0v) is 13.0. The first-order valence-electron chi connectivity index (χ1n) is 6.38. The van der Waals surface area contributed by atoms with Crippen LogP contribution in [0.15, 0.2) is 6.07 Å². The number of alkyl halides is 2. The Balaban J connectivity index is 2.15. The summed E-state index contributed by atoms with van der Waals surface area (Å²) in [6.07, 6.45) is -2.65. The highest BCUT2D eigenvalue weighted by molar-refractivity contribution is 7.15. The van der Waals surface area contributed by atoms with Crippen molar-refractivity contribution in [1.29, 1.82) is 0 Å². The van der Waals surface area contributed by atoms with E-state index in [2.05, 4.69) is 15.4 Å². The topological polar surface area (TPSA) is 59.8 Å². The molecule has 1 unspecified atom stereocenters. The quantitative estimate of drug-likeness (QED) is 0.941. The fourth-order valence-electron chi connectivity index (χ4n) is 1.86. The lowest BCUT2D eigenvalue weighted by atomic mass is 10.3. The number of anilines is 1. The van der Waals surface area contributed by atoms with Gasteiger partial charge in [0.05, 0.1) is 5.69 Å². The zero-order valence-electron chi connectivity index (χ0n) is 12.1. The summed E-state index contributed by atoms with van der Waals surface area (Å²) in [6.45, 7) is 7.02. The smallest absolute Gasteiger partial charge is 0.282 e. The minimum atomic E-state index is -2.65. The standard InChI is InChI=1S/C13H16F2N4OS/c1-6-5-10(11(14)15)18-19(6)8(3)12(20)17-13-16-7(2)9(4)21-13/h5,8,11H,1-4H3,(H,16,17,20). The maximum absolute atomic E-state index is 12.6. The molecule has 8 heteroatoms. The number of carbonyl (C=O) groups is 1. The molecule has 0 aliphatic carbocycles. The van der Waals surface area contributed by atoms with Crippen LogP contribution in [0.25, 0.3) is 0 Å². The number of carbonyl (C=O) groups excluding carboxylic acids is 1. The van der Waals surface area contributed by atoms with Crippen molar-refractivity contribution in [3.05, 3.63) is 28.0 Å². The van der Waals surface area contributed by atoms with E-state index in [0.717, 1.165) is 10.6 Å². The first-order valence-corrected chi connectivity index (χ1v) is 7.20. The predicted octanol–water partition coefficient (Wildman–Crippen LogP) is 3.40. The number of nitrogens with one attached hydrogen (secondary N) is 1. The van der Waals surface area contributed by atoms with Gasteiger partial charge < -0.3 is 5.32 Å². The van der Waals surface area contributed by atoms with E-state index < -0.39 is 12.5 Å². The van der Waals surface area contributed by atoms with Crippen molar-refractivity contribution >= 4 is 22.4 Å². The van der Waals surface area contributed by atoms with E-state index in [1.54, 1.807) is 13.8 Å². The van der Waals surface area contributed by atoms with Crippen LogP contribution in [-0.4, -0.2) is 20.7 Å². The highest BCUT2D eigenvalue weighted by Gasteiger charge is 2.22. The molecule has 0 aromatic carbocycles. The van der Waals surface area contributed by atoms with E-state index in [1.165, 1.54) is 22.1 Å². The lowest BCUT2D eigenvalue weighted by Crippen LogP contribution is -2.25. The highest BCUT2D eigenvalue weighted by Crippen LogP contribution is 2.24. The SMILES string of the molecule is Cc1nc(NC(=O)C(C)n2nc(C(F)F)cc2C)sc1C. The van der Waals surface area contributed by atoms with Crippen LogP contribution >= 0.6 is 11.3 Å². The predicted molar refractivity (Wildman–Crippen MR) is 76.8 cm³/mol. The van der Waals surface area contributed by atoms with E-state index >= 15 is 0 Å². The molecule has 114 valence electrons. The van der Waals surface area contributed by atoms with Gasteiger partial charge >= 0.3 is 0 Å². The molecule has 2 aromatic rings. The Morgan fingerprint density at radius 1 is 1.38 bits per heavy atom. The average Bonchev–Trinajstić information content (AvgIpc) is 2.92. The molecule has 21 heavy (non-hydrogen) atoms. The second kappa shape index (κ2) is 5.88. The molecule has 0 bridgehead atoms. The molecule has 2 heterocycles. The Morgan fingerprint density at radius 3 is 2.52 bits per heavy atom. The molecular formula is C13H16F2N4OS. The molecular weight excluding hydrogens is 298 g/mol. The third kappa shape index (κ3) is 3.26. The van der Waals surface area contributed by atoms with Gasteiger partial charge in [0.15, 0.2) is 5.13 Å². The fourth-order valence-corrected chi connectivity index (χ4v) is 2.68. The normalized spacial score (nSPS) is 12.7. The van der Waals surface area contributed by atoms with Gasteiger partial charge in [-0.3, -0.25) is 9.48 Å². The molecule has 1 amide bonds. The number of aromatic nitrogens is 3. The van der Waals surface area contributed by atoms with Gasteiger partial charge in [-0.25, -0.2) is 13.8 Å². The number of rotatable bonds is 4. The lowest BCUT2D eigenvalue weighted by Gasteiger charge is -2.13. The maximum atomic E-state index is 12.6. The van der Waals surface area contributed by atoms with Crippen LogP contribution in [0, 0.1) is 20.8 Å². The largest absolute Gasteiger partial charge is 0.300 e. The molecule has 0 aliphatic rings. The number of hydrogen-bond donors (Lipinski definition) is 1. The van der Waals surface area contributed by atoms with Crippen LogP contribution in [-0.2, 0) is 4.79 Å². The second-order valence-electron chi connectivity index (χ2n) is 4.78. The van der Waals surface area contributed by atoms with Crippen molar-refractivity contribution in [2.24, 2.45) is 0 Å². The van der Waals surface area contributed by atoms with Crippen LogP contribution in [0.5, 0.6) is 0 Å². The van der Waals surface area contributed by atoms with Crippen LogP contribution in [0.1, 0.15) is 41.3 Å². The molecule has 2 aromatic heterocycles. The van der Waals surface area contributed by atoms with Crippen molar-refractivity contribution in [2.75, 3.05) is 5.32 Å². The average molecular weight is 314 g/mol. The summed E-state index contributed by atoms with van der Waals surface area (Å²) in [7, 11) is 0. The molecule has 2 rings (SSSR count). The third-order valence-corrected chi connectivity index (χ3v) is 4.16. The van der Waals surface area contributed by atoms with Gasteiger partial charge in [0, 0.05) is 10.6 Å². The number of hydrogen-bond acceptors (Lipinski definition) is 4. The molecule has 1 atom stereocenters. The van der Waals surface area contributed by atoms with E-state index in [0.29, 0.717) is 10.8 Å². The summed E-state index contributed by atoms with van der Waals surface area (Å²) in [5.74, 6) is -0.337. The molecule has 0 saturated heterocycles. The van der Waals surface area contributed by atoms with E-state index in [-0.39, 0.29) is 11.6 Å². The van der Waals surface area contributed by atoms with Crippen LogP contribution < -0.4 is 5.32 Å². The number of thiazole rings is 1. The summed E-state index contributed by atoms with van der Waals surface area (Å²) in [6, 6.07) is 0.591. The van der Waals surface area contributed by atoms with Gasteiger partial charge in [-0.15, -0.1) is 11.3 Å². The van der Waals surface area contributed by atoms with Crippen molar-refractivity contribution in [1.82, 2.24) is 14.8 Å². The van der Waals surface area contributed by atoms with E-state index in [1.807, 2.05) is 13.8 Å². The lowest BCUT2D eigenvalue weighted by molar-refractivity contribution is -0.119. The Bertz CT molecular complexity index is 646. The number of aryl methyl sites for hydroxylation is 3. The van der Waals surface area contributed by atoms with Crippen molar-refractivity contribution < 1.29 is 13.6 Å². The highest BCUT2D eigenvalue weighted by atomic mass is 32.1. The summed E-state index contributed by atoms with van der Waals surface area (Å²) in [4.78, 5) is 17.4. The Morgan fingerprint density at radius 2 is 2.05 bits per heavy atom. The molecule has 0 spiro atoms. The van der Waals surface area contributed by atoms with Crippen molar-refractivity contribution in [3.8, 4) is 0 Å². The van der Waals surface area contributed by atoms with Crippen LogP contribution in [0.3, 0.4) is 0 Å². The number of amides is 1. The molecule has 0 saturated carbocycles. The molecule has 5 nitrogen and oxygen atoms in total. The molecule has 0 fully saturated rings. The molecule has 0 radical (unpaired) electrons. The molecule has 1 N–H and O–H groups in total. The van der Waals surface area contributed by atoms with Gasteiger partial charge in [-0.05, 0) is 33.8 Å². The summed E-state index contributed by atoms with van der Waals surface area (Å²) in [5.41, 5.74) is 1.05. The summed E-state index contributed by atoms with van der Waals surface area (Å²) >= 11 is 1.38. The van der Waals surface area contributed by atoms with Crippen LogP contribution in [0.2, 0.25) is 0 Å². The van der Waals surface area contributed by atoms with Crippen LogP contribution in [0.4, 0.5) is 13.9 Å². The van der Waals surface area contributed by atoms with Gasteiger partial charge in [-0.2, -0.15) is 5.10 Å². The minimum Gasteiger partial charge on any atom is -0.300 e. The maximum Gasteiger partial charge on any atom is 0.282 e. The monoisotopic (exact) mass is 314 g/mol. The van der Waals surface area contributed by atoms with Gasteiger partial charge in [0.1, 0.15) is 11.7 Å². The fraction of sp³-hybridized carbons (Fsp3) is 0.462. The third-order valence-electron chi connectivity index (χ3n) is 3.17. The summed E-state index contributed by atoms with van der Waals surface area (Å²) in [5, 5.41) is 6.97. The first-order chi connectivity index (χ1) is 9.79. The van der Waals surface area contributed by atoms with E-state index in [4.69, 9.17) is 0 Å². The van der Waals surface area contributed by atoms with E-state index in [9.17, 15) is 13.6 Å². The molecule has 0 aliphatic heterocycles. The van der Waals surface area contributed by atoms with Crippen molar-refractivity contribution in [3.63, 3.8) is 0 Å². The number of nitrogens with zero attached hydrogens (tertiary/aromatic N) is 3. The number of halogens is 2. The Labute approximate surface area is 125 Å². The van der Waals surface area contributed by atoms with Gasteiger partial charge in [-0.1, -0.05) is 0 Å². The zero-order chi connectivity index (χ0) is 15.7. The Hall–Kier alpha value is -1.83. The second-order valence-corrected chi connectivity index (χ2v) is 5.98. The van der Waals surface area contributed by atoms with Gasteiger partial charge in [0.25, 0.3) is 12.3 Å². The van der Waals surface area contributed by atoms with Crippen molar-refractivity contribution in [2.45, 2.75) is 40.2 Å². The first kappa shape index (κ1) is 15.6.